The van der Waals surface area contributed by atoms with Crippen molar-refractivity contribution < 1.29 is 18.0 Å². The van der Waals surface area contributed by atoms with Crippen LogP contribution in [0.4, 0.5) is 5.69 Å². The van der Waals surface area contributed by atoms with E-state index in [9.17, 15) is 18.0 Å². The number of carbonyl (C=O) groups excluding carboxylic acids is 2. The van der Waals surface area contributed by atoms with Gasteiger partial charge in [0.2, 0.25) is 15.9 Å². The Hall–Kier alpha value is -2.23. The third-order valence-corrected chi connectivity index (χ3v) is 7.46. The van der Waals surface area contributed by atoms with Crippen LogP contribution in [0.3, 0.4) is 0 Å². The van der Waals surface area contributed by atoms with Crippen molar-refractivity contribution in [1.29, 1.82) is 0 Å². The van der Waals surface area contributed by atoms with Crippen LogP contribution in [-0.2, 0) is 14.8 Å². The summed E-state index contributed by atoms with van der Waals surface area (Å²) in [5, 5.41) is 7.25. The lowest BCUT2D eigenvalue weighted by Crippen LogP contribution is -2.34. The van der Waals surface area contributed by atoms with Gasteiger partial charge in [0.1, 0.15) is 4.21 Å². The molecule has 0 spiro atoms. The Labute approximate surface area is 168 Å². The lowest BCUT2D eigenvalue weighted by Gasteiger charge is -2.11. The van der Waals surface area contributed by atoms with Crippen LogP contribution in [0.25, 0.3) is 0 Å². The average Bonchev–Trinajstić information content (AvgIpc) is 3.40. The van der Waals surface area contributed by atoms with Crippen molar-refractivity contribution in [1.82, 2.24) is 10.0 Å². The molecular weight excluding hydrogens is 398 g/mol. The van der Waals surface area contributed by atoms with Gasteiger partial charge in [-0.1, -0.05) is 18.9 Å². The van der Waals surface area contributed by atoms with Crippen molar-refractivity contribution in [2.24, 2.45) is 5.92 Å². The molecule has 1 aliphatic rings. The van der Waals surface area contributed by atoms with Crippen LogP contribution in [0, 0.1) is 5.92 Å². The molecular formula is C19H23N3O4S2. The van der Waals surface area contributed by atoms with Gasteiger partial charge in [-0.15, -0.1) is 11.3 Å². The predicted octanol–water partition coefficient (Wildman–Crippen LogP) is 2.59. The summed E-state index contributed by atoms with van der Waals surface area (Å²) in [5.41, 5.74) is 1.11. The van der Waals surface area contributed by atoms with E-state index in [-0.39, 0.29) is 35.0 Å². The minimum absolute atomic E-state index is 0.0349. The van der Waals surface area contributed by atoms with Crippen LogP contribution in [0.1, 0.15) is 36.0 Å². The van der Waals surface area contributed by atoms with E-state index in [0.717, 1.165) is 37.0 Å². The molecule has 0 atom stereocenters. The molecule has 150 valence electrons. The van der Waals surface area contributed by atoms with Crippen molar-refractivity contribution >= 4 is 38.9 Å². The van der Waals surface area contributed by atoms with Gasteiger partial charge in [0, 0.05) is 30.3 Å². The van der Waals surface area contributed by atoms with Crippen LogP contribution in [0.2, 0.25) is 0 Å². The third-order valence-electron chi connectivity index (χ3n) is 4.60. The Morgan fingerprint density at radius 3 is 2.39 bits per heavy atom. The molecule has 0 unspecified atom stereocenters. The number of hydrogen-bond donors (Lipinski definition) is 3. The zero-order chi connectivity index (χ0) is 20.0. The first kappa shape index (κ1) is 20.5. The van der Waals surface area contributed by atoms with Crippen LogP contribution >= 0.6 is 11.3 Å². The van der Waals surface area contributed by atoms with E-state index in [1.165, 1.54) is 6.07 Å². The lowest BCUT2D eigenvalue weighted by atomic mass is 10.1. The maximum Gasteiger partial charge on any atom is 0.251 e. The lowest BCUT2D eigenvalue weighted by molar-refractivity contribution is -0.119. The van der Waals surface area contributed by atoms with Gasteiger partial charge < -0.3 is 10.6 Å². The van der Waals surface area contributed by atoms with Gasteiger partial charge in [-0.2, -0.15) is 0 Å². The van der Waals surface area contributed by atoms with Crippen LogP contribution in [0.5, 0.6) is 0 Å². The second-order valence-corrected chi connectivity index (χ2v) is 9.58. The molecule has 28 heavy (non-hydrogen) atoms. The summed E-state index contributed by atoms with van der Waals surface area (Å²) in [4.78, 5) is 24.3. The van der Waals surface area contributed by atoms with Gasteiger partial charge in [-0.3, -0.25) is 9.59 Å². The molecule has 1 saturated carbocycles. The molecule has 3 N–H and O–H groups in total. The number of benzene rings is 1. The highest BCUT2D eigenvalue weighted by molar-refractivity contribution is 7.91. The molecule has 1 aliphatic carbocycles. The number of carbonyl (C=O) groups is 2. The van der Waals surface area contributed by atoms with Gasteiger partial charge >= 0.3 is 0 Å². The standard InChI is InChI=1S/C19H23N3O4S2/c23-18(20-11-12-21-28(25,26)17-6-3-13-27-17)15-7-9-16(10-8-15)22-19(24)14-4-1-2-5-14/h3,6-10,13-14,21H,1-2,4-5,11-12H2,(H,20,23)(H,22,24). The largest absolute Gasteiger partial charge is 0.351 e. The van der Waals surface area contributed by atoms with Gasteiger partial charge in [0.25, 0.3) is 5.91 Å². The molecule has 7 nitrogen and oxygen atoms in total. The molecule has 2 amide bonds. The Kier molecular flexibility index (Phi) is 6.82. The topological polar surface area (TPSA) is 104 Å². The summed E-state index contributed by atoms with van der Waals surface area (Å²) in [6.07, 6.45) is 4.06. The quantitative estimate of drug-likeness (QED) is 0.570. The molecule has 0 aliphatic heterocycles. The number of amides is 2. The fraction of sp³-hybridized carbons (Fsp3) is 0.368. The molecule has 3 rings (SSSR count). The predicted molar refractivity (Wildman–Crippen MR) is 109 cm³/mol. The van der Waals surface area contributed by atoms with Crippen molar-refractivity contribution in [3.8, 4) is 0 Å². The number of nitrogens with one attached hydrogen (secondary N) is 3. The first-order chi connectivity index (χ1) is 13.5. The molecule has 1 fully saturated rings. The molecule has 1 aromatic carbocycles. The zero-order valence-corrected chi connectivity index (χ0v) is 16.9. The second-order valence-electron chi connectivity index (χ2n) is 6.63. The minimum Gasteiger partial charge on any atom is -0.351 e. The van der Waals surface area contributed by atoms with Gasteiger partial charge in [-0.05, 0) is 48.6 Å². The Morgan fingerprint density at radius 2 is 1.75 bits per heavy atom. The Balaban J connectivity index is 1.43. The smallest absolute Gasteiger partial charge is 0.251 e. The molecule has 0 saturated heterocycles. The maximum atomic E-state index is 12.2. The zero-order valence-electron chi connectivity index (χ0n) is 15.3. The van der Waals surface area contributed by atoms with E-state index in [2.05, 4.69) is 15.4 Å². The van der Waals surface area contributed by atoms with E-state index in [4.69, 9.17) is 0 Å². The number of hydrogen-bond acceptors (Lipinski definition) is 5. The summed E-state index contributed by atoms with van der Waals surface area (Å²) in [6, 6.07) is 9.85. The molecule has 0 radical (unpaired) electrons. The molecule has 0 bridgehead atoms. The molecule has 1 heterocycles. The van der Waals surface area contributed by atoms with E-state index < -0.39 is 10.0 Å². The summed E-state index contributed by atoms with van der Waals surface area (Å²) >= 11 is 1.14. The van der Waals surface area contributed by atoms with E-state index in [1.807, 2.05) is 0 Å². The highest BCUT2D eigenvalue weighted by atomic mass is 32.2. The number of sulfonamides is 1. The van der Waals surface area contributed by atoms with Crippen molar-refractivity contribution in [2.75, 3.05) is 18.4 Å². The van der Waals surface area contributed by atoms with E-state index >= 15 is 0 Å². The molecule has 9 heteroatoms. The van der Waals surface area contributed by atoms with Crippen LogP contribution in [-0.4, -0.2) is 33.3 Å². The molecule has 1 aromatic heterocycles. The number of thiophene rings is 1. The SMILES string of the molecule is O=C(NCCNS(=O)(=O)c1cccs1)c1ccc(NC(=O)C2CCCC2)cc1. The summed E-state index contributed by atoms with van der Waals surface area (Å²) in [6.45, 7) is 0.269. The van der Waals surface area contributed by atoms with Gasteiger partial charge in [0.15, 0.2) is 0 Å². The van der Waals surface area contributed by atoms with Crippen molar-refractivity contribution in [3.05, 3.63) is 47.3 Å². The number of rotatable bonds is 8. The average molecular weight is 422 g/mol. The second kappa shape index (κ2) is 9.31. The molecule has 2 aromatic rings. The van der Waals surface area contributed by atoms with Crippen molar-refractivity contribution in [2.45, 2.75) is 29.9 Å². The monoisotopic (exact) mass is 421 g/mol. The number of anilines is 1. The first-order valence-corrected chi connectivity index (χ1v) is 11.5. The van der Waals surface area contributed by atoms with Crippen LogP contribution < -0.4 is 15.4 Å². The fourth-order valence-corrected chi connectivity index (χ4v) is 5.16. The summed E-state index contributed by atoms with van der Waals surface area (Å²) in [7, 11) is -3.53. The highest BCUT2D eigenvalue weighted by Gasteiger charge is 2.22. The first-order valence-electron chi connectivity index (χ1n) is 9.18. The van der Waals surface area contributed by atoms with Crippen LogP contribution in [0.15, 0.2) is 46.0 Å². The van der Waals surface area contributed by atoms with Crippen molar-refractivity contribution in [3.63, 3.8) is 0 Å². The Bertz CT molecular complexity index is 903. The van der Waals surface area contributed by atoms with Gasteiger partial charge in [0.05, 0.1) is 0 Å². The summed E-state index contributed by atoms with van der Waals surface area (Å²) in [5.74, 6) is -0.183. The normalized spacial score (nSPS) is 14.7. The highest BCUT2D eigenvalue weighted by Crippen LogP contribution is 2.26. The maximum absolute atomic E-state index is 12.2. The Morgan fingerprint density at radius 1 is 1.04 bits per heavy atom. The minimum atomic E-state index is -3.53. The summed E-state index contributed by atoms with van der Waals surface area (Å²) < 4.78 is 26.7. The van der Waals surface area contributed by atoms with E-state index in [1.54, 1.807) is 35.7 Å². The van der Waals surface area contributed by atoms with Gasteiger partial charge in [-0.25, -0.2) is 13.1 Å². The third kappa shape index (κ3) is 5.40. The fourth-order valence-electron chi connectivity index (χ4n) is 3.09. The van der Waals surface area contributed by atoms with E-state index in [0.29, 0.717) is 11.3 Å².